The van der Waals surface area contributed by atoms with Crippen LogP contribution in [-0.2, 0) is 45.7 Å². The number of likely N-dealkylation sites (tertiary alicyclic amines) is 2. The first-order valence-electron chi connectivity index (χ1n) is 20.7. The summed E-state index contributed by atoms with van der Waals surface area (Å²) >= 11 is 0. The highest BCUT2D eigenvalue weighted by Gasteiger charge is 2.28. The molecule has 4 aromatic rings. The van der Waals surface area contributed by atoms with Crippen molar-refractivity contribution >= 4 is 31.8 Å². The summed E-state index contributed by atoms with van der Waals surface area (Å²) < 4.78 is 64.3. The van der Waals surface area contributed by atoms with Gasteiger partial charge in [0.1, 0.15) is 0 Å². The zero-order chi connectivity index (χ0) is 44.4. The van der Waals surface area contributed by atoms with E-state index < -0.39 is 26.1 Å². The van der Waals surface area contributed by atoms with Crippen LogP contribution < -0.4 is 29.4 Å². The standard InChI is InChI=1S/C22H28N4O4S.C16H14N2O2.C6H14N2O2S/c1-26-11-9-15(13-26)14-31(28,29)25-22(27)24-21-18-5-3-4-16(18)6-7-19(21)17-8-10-23-20(12-17)30-2;1-19-15-9-12(7-8-18-15)14-6-5-11-3-2-4-13(11)16(14)20-10-17;1-8-3-2-6(4-8)5-11(7,9)10/h6-8,10,12,15H,3-5,9,11,13-14H2,1-2H3,(H2,24,25,27);5-9H,2-4H2,1H3;6H,2-5H2,1H3,(H2,7,9,10). The second kappa shape index (κ2) is 20.7. The molecule has 332 valence electrons. The smallest absolute Gasteiger partial charge is 0.332 e. The van der Waals surface area contributed by atoms with Gasteiger partial charge in [0.2, 0.25) is 31.8 Å². The number of nitrogens with two attached hydrogens (primary N) is 1. The fourth-order valence-electron chi connectivity index (χ4n) is 8.73. The minimum absolute atomic E-state index is 0.0381. The summed E-state index contributed by atoms with van der Waals surface area (Å²) in [5.74, 6) is 2.06. The summed E-state index contributed by atoms with van der Waals surface area (Å²) in [7, 11) is 0.108. The van der Waals surface area contributed by atoms with Gasteiger partial charge in [-0.25, -0.2) is 41.5 Å². The normalized spacial score (nSPS) is 18.3. The molecule has 0 saturated carbocycles. The summed E-state index contributed by atoms with van der Waals surface area (Å²) in [5, 5.41) is 16.7. The number of benzene rings is 2. The van der Waals surface area contributed by atoms with Gasteiger partial charge in [-0.3, -0.25) is 0 Å². The molecule has 0 bridgehead atoms. The van der Waals surface area contributed by atoms with E-state index in [0.29, 0.717) is 23.2 Å². The number of nitriles is 1. The molecule has 0 spiro atoms. The summed E-state index contributed by atoms with van der Waals surface area (Å²) in [4.78, 5) is 25.2. The minimum Gasteiger partial charge on any atom is -0.481 e. The van der Waals surface area contributed by atoms with Crippen molar-refractivity contribution in [2.24, 2.45) is 17.0 Å². The lowest BCUT2D eigenvalue weighted by Crippen LogP contribution is -2.38. The first-order chi connectivity index (χ1) is 29.6. The number of anilines is 1. The van der Waals surface area contributed by atoms with Gasteiger partial charge in [0.05, 0.1) is 31.4 Å². The molecule has 16 nitrogen and oxygen atoms in total. The molecule has 2 aliphatic carbocycles. The van der Waals surface area contributed by atoms with Gasteiger partial charge in [-0.1, -0.05) is 24.3 Å². The van der Waals surface area contributed by atoms with Gasteiger partial charge in [0.15, 0.2) is 5.75 Å². The van der Waals surface area contributed by atoms with E-state index in [2.05, 4.69) is 41.9 Å². The predicted molar refractivity (Wildman–Crippen MR) is 238 cm³/mol. The third-order valence-corrected chi connectivity index (χ3v) is 13.9. The number of urea groups is 1. The number of methoxy groups -OCH3 is 2. The number of sulfonamides is 2. The van der Waals surface area contributed by atoms with E-state index in [-0.39, 0.29) is 23.3 Å². The van der Waals surface area contributed by atoms with Crippen LogP contribution in [0.4, 0.5) is 10.5 Å². The second-order valence-corrected chi connectivity index (χ2v) is 19.7. The fourth-order valence-corrected chi connectivity index (χ4v) is 11.0. The molecule has 4 aliphatic rings. The van der Waals surface area contributed by atoms with Crippen LogP contribution in [0.25, 0.3) is 22.3 Å². The molecular weight excluding hydrogens is 833 g/mol. The van der Waals surface area contributed by atoms with Crippen LogP contribution in [0.15, 0.2) is 60.9 Å². The van der Waals surface area contributed by atoms with Crippen LogP contribution in [0.2, 0.25) is 0 Å². The number of nitrogens with zero attached hydrogens (tertiary/aromatic N) is 5. The molecule has 0 radical (unpaired) electrons. The van der Waals surface area contributed by atoms with Crippen LogP contribution in [-0.4, -0.2) is 109 Å². The maximum atomic E-state index is 12.7. The van der Waals surface area contributed by atoms with Crippen molar-refractivity contribution in [2.75, 3.05) is 71.3 Å². The maximum absolute atomic E-state index is 12.7. The van der Waals surface area contributed by atoms with E-state index in [0.717, 1.165) is 111 Å². The quantitative estimate of drug-likeness (QED) is 0.170. The number of aromatic nitrogens is 2. The molecule has 4 heterocycles. The monoisotopic (exact) mass is 888 g/mol. The van der Waals surface area contributed by atoms with Crippen LogP contribution in [0.1, 0.15) is 47.9 Å². The van der Waals surface area contributed by atoms with Gasteiger partial charge >= 0.3 is 6.03 Å². The number of ether oxygens (including phenoxy) is 3. The average Bonchev–Trinajstić information content (AvgIpc) is 4.07. The lowest BCUT2D eigenvalue weighted by Gasteiger charge is -2.17. The molecule has 4 N–H and O–H groups in total. The SMILES string of the molecule is CN1CCC(CS(N)(=O)=O)C1.COc1cc(-c2ccc3c(c2NC(=O)NS(=O)(=O)CC2CCN(C)C2)CCC3)ccn1.COc1cc(-c2ccc3c(c2OC#N)CCC3)ccn1. The van der Waals surface area contributed by atoms with Crippen molar-refractivity contribution in [3.05, 3.63) is 83.2 Å². The molecule has 8 rings (SSSR count). The molecule has 2 aromatic carbocycles. The first kappa shape index (κ1) is 46.2. The molecule has 2 aromatic heterocycles. The van der Waals surface area contributed by atoms with Crippen molar-refractivity contribution in [2.45, 2.75) is 51.4 Å². The summed E-state index contributed by atoms with van der Waals surface area (Å²) in [6.45, 7) is 3.45. The molecule has 18 heteroatoms. The summed E-state index contributed by atoms with van der Waals surface area (Å²) in [5.41, 5.74) is 8.82. The Labute approximate surface area is 364 Å². The van der Waals surface area contributed by atoms with Gasteiger partial charge in [0.25, 0.3) is 6.26 Å². The zero-order valence-electron chi connectivity index (χ0n) is 35.7. The number of pyridine rings is 2. The van der Waals surface area contributed by atoms with Crippen LogP contribution in [0.3, 0.4) is 0 Å². The number of aryl methyl sites for hydroxylation is 2. The summed E-state index contributed by atoms with van der Waals surface area (Å²) in [6.07, 6.45) is 12.8. The van der Waals surface area contributed by atoms with Gasteiger partial charge in [-0.05, 0) is 136 Å². The third-order valence-electron chi connectivity index (χ3n) is 11.6. The molecule has 2 atom stereocenters. The molecule has 2 fully saturated rings. The molecule has 2 amide bonds. The lowest BCUT2D eigenvalue weighted by atomic mass is 9.98. The fraction of sp³-hybridized carbons (Fsp3) is 0.455. The zero-order valence-corrected chi connectivity index (χ0v) is 37.4. The molecule has 2 aliphatic heterocycles. The number of hydrogen-bond donors (Lipinski definition) is 3. The number of hydrogen-bond acceptors (Lipinski definition) is 13. The number of rotatable bonds is 11. The second-order valence-electron chi connectivity index (χ2n) is 16.3. The van der Waals surface area contributed by atoms with E-state index in [1.165, 1.54) is 11.1 Å². The van der Waals surface area contributed by atoms with Crippen molar-refractivity contribution < 1.29 is 35.8 Å². The van der Waals surface area contributed by atoms with Crippen molar-refractivity contribution in [3.63, 3.8) is 0 Å². The van der Waals surface area contributed by atoms with Gasteiger partial charge < -0.3 is 29.3 Å². The minimum atomic E-state index is -3.73. The Morgan fingerprint density at radius 3 is 1.85 bits per heavy atom. The van der Waals surface area contributed by atoms with Crippen molar-refractivity contribution in [1.82, 2.24) is 24.5 Å². The van der Waals surface area contributed by atoms with E-state index in [1.54, 1.807) is 38.9 Å². The number of fused-ring (bicyclic) bond motifs is 2. The highest BCUT2D eigenvalue weighted by Crippen LogP contribution is 2.40. The number of amides is 2. The van der Waals surface area contributed by atoms with Crippen molar-refractivity contribution in [1.29, 1.82) is 5.26 Å². The molecular formula is C44H56N8O8S2. The molecule has 2 unspecified atom stereocenters. The predicted octanol–water partition coefficient (Wildman–Crippen LogP) is 4.98. The highest BCUT2D eigenvalue weighted by molar-refractivity contribution is 7.90. The highest BCUT2D eigenvalue weighted by atomic mass is 32.2. The Kier molecular flexibility index (Phi) is 15.4. The molecule has 2 saturated heterocycles. The van der Waals surface area contributed by atoms with E-state index in [9.17, 15) is 21.6 Å². The van der Waals surface area contributed by atoms with Crippen molar-refractivity contribution in [3.8, 4) is 46.0 Å². The van der Waals surface area contributed by atoms with Crippen LogP contribution >= 0.6 is 0 Å². The first-order valence-corrected chi connectivity index (χ1v) is 24.1. The number of carbonyl (C=O) groups is 1. The number of nitrogens with one attached hydrogen (secondary N) is 2. The Balaban J connectivity index is 0.000000176. The average molecular weight is 889 g/mol. The summed E-state index contributed by atoms with van der Waals surface area (Å²) in [6, 6.07) is 14.8. The lowest BCUT2D eigenvalue weighted by molar-refractivity contribution is 0.256. The Morgan fingerprint density at radius 2 is 1.32 bits per heavy atom. The molecule has 62 heavy (non-hydrogen) atoms. The van der Waals surface area contributed by atoms with Crippen LogP contribution in [0, 0.1) is 23.4 Å². The topological polar surface area (TPSA) is 219 Å². The Bertz CT molecular complexity index is 2500. The third kappa shape index (κ3) is 12.4. The number of primary sulfonamides is 1. The van der Waals surface area contributed by atoms with Crippen LogP contribution in [0.5, 0.6) is 17.5 Å². The Morgan fingerprint density at radius 1 is 0.790 bits per heavy atom. The largest absolute Gasteiger partial charge is 0.481 e. The van der Waals surface area contributed by atoms with E-state index >= 15 is 0 Å². The Hall–Kier alpha value is -5.32. The van der Waals surface area contributed by atoms with Gasteiger partial charge in [0, 0.05) is 48.7 Å². The maximum Gasteiger partial charge on any atom is 0.332 e. The van der Waals surface area contributed by atoms with E-state index in [4.69, 9.17) is 24.6 Å². The van der Waals surface area contributed by atoms with E-state index in [1.807, 2.05) is 44.4 Å². The van der Waals surface area contributed by atoms with Gasteiger partial charge in [-0.2, -0.15) is 0 Å². The van der Waals surface area contributed by atoms with Gasteiger partial charge in [-0.15, -0.1) is 5.26 Å². The number of carbonyl (C=O) groups excluding carboxylic acids is 1.